The summed E-state index contributed by atoms with van der Waals surface area (Å²) in [6.07, 6.45) is 7.65. The van der Waals surface area contributed by atoms with Crippen LogP contribution in [0.15, 0.2) is 18.3 Å². The van der Waals surface area contributed by atoms with Crippen LogP contribution in [-0.2, 0) is 0 Å². The molecule has 124 valence electrons. The van der Waals surface area contributed by atoms with Crippen molar-refractivity contribution < 1.29 is 4.74 Å². The van der Waals surface area contributed by atoms with Crippen molar-refractivity contribution in [2.75, 3.05) is 18.0 Å². The Morgan fingerprint density at radius 1 is 1.25 bits per heavy atom. The number of ether oxygens (including phenoxy) is 1. The van der Waals surface area contributed by atoms with Gasteiger partial charge in [-0.15, -0.1) is 0 Å². The zero-order valence-corrected chi connectivity index (χ0v) is 14.2. The molecule has 2 aliphatic rings. The third kappa shape index (κ3) is 3.20. The molecular weight excluding hydrogens is 322 g/mol. The Bertz CT molecular complexity index is 732. The van der Waals surface area contributed by atoms with E-state index in [0.29, 0.717) is 17.4 Å². The van der Waals surface area contributed by atoms with Gasteiger partial charge < -0.3 is 9.64 Å². The van der Waals surface area contributed by atoms with E-state index in [1.807, 2.05) is 0 Å². The summed E-state index contributed by atoms with van der Waals surface area (Å²) in [5, 5.41) is 9.81. The van der Waals surface area contributed by atoms with E-state index < -0.39 is 0 Å². The number of pyridine rings is 1. The van der Waals surface area contributed by atoms with Gasteiger partial charge >= 0.3 is 0 Å². The molecule has 7 heteroatoms. The highest BCUT2D eigenvalue weighted by molar-refractivity contribution is 7.09. The summed E-state index contributed by atoms with van der Waals surface area (Å²) in [6, 6.07) is 5.55. The second-order valence-corrected chi connectivity index (χ2v) is 7.12. The van der Waals surface area contributed by atoms with Crippen molar-refractivity contribution in [2.45, 2.75) is 44.1 Å². The Balaban J connectivity index is 1.36. The van der Waals surface area contributed by atoms with Crippen LogP contribution in [0.5, 0.6) is 5.88 Å². The maximum atomic E-state index is 8.80. The molecule has 0 radical (unpaired) electrons. The average molecular weight is 341 g/mol. The van der Waals surface area contributed by atoms with Gasteiger partial charge in [0.05, 0.1) is 12.1 Å². The Kier molecular flexibility index (Phi) is 4.30. The van der Waals surface area contributed by atoms with Crippen LogP contribution in [0.2, 0.25) is 0 Å². The fraction of sp³-hybridized carbons (Fsp3) is 0.529. The summed E-state index contributed by atoms with van der Waals surface area (Å²) >= 11 is 1.50. The third-order valence-electron chi connectivity index (χ3n) is 4.72. The first-order valence-corrected chi connectivity index (χ1v) is 9.20. The molecule has 2 aromatic rings. The largest absolute Gasteiger partial charge is 0.472 e. The molecular formula is C17H19N5OS. The van der Waals surface area contributed by atoms with E-state index in [0.717, 1.165) is 30.5 Å². The number of nitrogens with zero attached hydrogens (tertiary/aromatic N) is 5. The van der Waals surface area contributed by atoms with Gasteiger partial charge in [-0.3, -0.25) is 0 Å². The van der Waals surface area contributed by atoms with Crippen LogP contribution in [0.1, 0.15) is 49.4 Å². The summed E-state index contributed by atoms with van der Waals surface area (Å²) in [6.45, 7) is 1.74. The molecule has 6 nitrogen and oxygen atoms in total. The van der Waals surface area contributed by atoms with Crippen molar-refractivity contribution >= 4 is 16.7 Å². The molecule has 1 atom stereocenters. The quantitative estimate of drug-likeness (QED) is 0.850. The minimum atomic E-state index is 0.101. The molecule has 0 N–H and O–H groups in total. The van der Waals surface area contributed by atoms with Crippen LogP contribution in [0.4, 0.5) is 5.13 Å². The zero-order chi connectivity index (χ0) is 16.4. The van der Waals surface area contributed by atoms with Crippen molar-refractivity contribution in [3.05, 3.63) is 29.7 Å². The first-order valence-electron chi connectivity index (χ1n) is 8.43. The molecule has 1 aliphatic heterocycles. The standard InChI is InChI=1S/C17H19N5OS/c18-9-12-5-6-15(19-10-12)23-14-7-8-22(11-14)17-20-16(21-24-17)13-3-1-2-4-13/h5-6,10,13-14H,1-4,7-8,11H2/t14-/m1/s1. The van der Waals surface area contributed by atoms with Gasteiger partial charge in [-0.2, -0.15) is 9.64 Å². The Labute approximate surface area is 145 Å². The normalized spacial score (nSPS) is 21.1. The van der Waals surface area contributed by atoms with E-state index in [9.17, 15) is 0 Å². The van der Waals surface area contributed by atoms with Crippen molar-refractivity contribution in [2.24, 2.45) is 0 Å². The molecule has 0 unspecified atom stereocenters. The Morgan fingerprint density at radius 2 is 2.12 bits per heavy atom. The monoisotopic (exact) mass is 341 g/mol. The van der Waals surface area contributed by atoms with Gasteiger partial charge in [0.15, 0.2) is 0 Å². The Hall–Kier alpha value is -2.20. The van der Waals surface area contributed by atoms with Crippen LogP contribution in [0.25, 0.3) is 0 Å². The fourth-order valence-corrected chi connectivity index (χ4v) is 4.17. The molecule has 1 aliphatic carbocycles. The van der Waals surface area contributed by atoms with E-state index in [-0.39, 0.29) is 6.10 Å². The van der Waals surface area contributed by atoms with Crippen LogP contribution < -0.4 is 9.64 Å². The van der Waals surface area contributed by atoms with Gasteiger partial charge in [0.2, 0.25) is 11.0 Å². The molecule has 3 heterocycles. The van der Waals surface area contributed by atoms with Crippen LogP contribution in [0.3, 0.4) is 0 Å². The molecule has 0 aromatic carbocycles. The minimum absolute atomic E-state index is 0.101. The smallest absolute Gasteiger partial charge is 0.213 e. The van der Waals surface area contributed by atoms with Gasteiger partial charge in [-0.05, 0) is 18.9 Å². The number of nitriles is 1. The van der Waals surface area contributed by atoms with E-state index in [1.165, 1.54) is 37.2 Å². The SMILES string of the molecule is N#Cc1ccc(O[C@@H]2CCN(c3nc(C4CCCC4)ns3)C2)nc1. The summed E-state index contributed by atoms with van der Waals surface area (Å²) in [7, 11) is 0. The first kappa shape index (κ1) is 15.3. The molecule has 0 bridgehead atoms. The zero-order valence-electron chi connectivity index (χ0n) is 13.4. The topological polar surface area (TPSA) is 74.9 Å². The van der Waals surface area contributed by atoms with Crippen LogP contribution >= 0.6 is 11.5 Å². The first-order chi connectivity index (χ1) is 11.8. The van der Waals surface area contributed by atoms with Crippen molar-refractivity contribution in [1.29, 1.82) is 5.26 Å². The van der Waals surface area contributed by atoms with E-state index >= 15 is 0 Å². The molecule has 0 spiro atoms. The van der Waals surface area contributed by atoms with Crippen LogP contribution in [0, 0.1) is 11.3 Å². The number of anilines is 1. The number of hydrogen-bond acceptors (Lipinski definition) is 7. The average Bonchev–Trinajstić information content (AvgIpc) is 3.36. The number of hydrogen-bond donors (Lipinski definition) is 0. The minimum Gasteiger partial charge on any atom is -0.472 e. The molecule has 1 saturated carbocycles. The number of aromatic nitrogens is 3. The summed E-state index contributed by atoms with van der Waals surface area (Å²) in [4.78, 5) is 11.2. The lowest BCUT2D eigenvalue weighted by Gasteiger charge is -2.15. The van der Waals surface area contributed by atoms with Gasteiger partial charge in [-0.1, -0.05) is 12.8 Å². The molecule has 1 saturated heterocycles. The molecule has 2 aromatic heterocycles. The van der Waals surface area contributed by atoms with Crippen molar-refractivity contribution in [3.8, 4) is 11.9 Å². The van der Waals surface area contributed by atoms with Gasteiger partial charge in [0.1, 0.15) is 18.0 Å². The second kappa shape index (κ2) is 6.73. The predicted octanol–water partition coefficient (Wildman–Crippen LogP) is 3.12. The highest BCUT2D eigenvalue weighted by Crippen LogP contribution is 2.35. The maximum absolute atomic E-state index is 8.80. The summed E-state index contributed by atoms with van der Waals surface area (Å²) < 4.78 is 10.5. The highest BCUT2D eigenvalue weighted by Gasteiger charge is 2.28. The lowest BCUT2D eigenvalue weighted by atomic mass is 10.1. The summed E-state index contributed by atoms with van der Waals surface area (Å²) in [5.41, 5.74) is 0.545. The van der Waals surface area contributed by atoms with Gasteiger partial charge in [-0.25, -0.2) is 9.97 Å². The van der Waals surface area contributed by atoms with E-state index in [4.69, 9.17) is 15.0 Å². The molecule has 4 rings (SSSR count). The van der Waals surface area contributed by atoms with E-state index in [2.05, 4.69) is 20.3 Å². The summed E-state index contributed by atoms with van der Waals surface area (Å²) in [5.74, 6) is 2.17. The third-order valence-corrected chi connectivity index (χ3v) is 5.51. The van der Waals surface area contributed by atoms with Crippen molar-refractivity contribution in [1.82, 2.24) is 14.3 Å². The second-order valence-electron chi connectivity index (χ2n) is 6.39. The van der Waals surface area contributed by atoms with Gasteiger partial charge in [0, 0.05) is 42.7 Å². The molecule has 0 amide bonds. The predicted molar refractivity (Wildman–Crippen MR) is 91.3 cm³/mol. The lowest BCUT2D eigenvalue weighted by Crippen LogP contribution is -2.24. The van der Waals surface area contributed by atoms with Crippen molar-refractivity contribution in [3.63, 3.8) is 0 Å². The Morgan fingerprint density at radius 3 is 2.88 bits per heavy atom. The molecule has 24 heavy (non-hydrogen) atoms. The van der Waals surface area contributed by atoms with Crippen LogP contribution in [-0.4, -0.2) is 33.5 Å². The fourth-order valence-electron chi connectivity index (χ4n) is 3.39. The highest BCUT2D eigenvalue weighted by atomic mass is 32.1. The maximum Gasteiger partial charge on any atom is 0.213 e. The lowest BCUT2D eigenvalue weighted by molar-refractivity contribution is 0.216. The van der Waals surface area contributed by atoms with Gasteiger partial charge in [0.25, 0.3) is 0 Å². The van der Waals surface area contributed by atoms with E-state index in [1.54, 1.807) is 18.3 Å². The molecule has 2 fully saturated rings. The number of rotatable bonds is 4.